The van der Waals surface area contributed by atoms with E-state index >= 15 is 0 Å². The molecule has 0 bridgehead atoms. The van der Waals surface area contributed by atoms with Crippen LogP contribution in [0.25, 0.3) is 22.0 Å². The van der Waals surface area contributed by atoms with Crippen molar-refractivity contribution in [2.45, 2.75) is 13.1 Å². The predicted octanol–water partition coefficient (Wildman–Crippen LogP) is 3.37. The van der Waals surface area contributed by atoms with Crippen LogP contribution in [-0.2, 0) is 13.1 Å². The summed E-state index contributed by atoms with van der Waals surface area (Å²) in [5.41, 5.74) is 4.43. The largest absolute Gasteiger partial charge is 0.384 e. The second-order valence-electron chi connectivity index (χ2n) is 9.09. The molecule has 7 heteroatoms. The van der Waals surface area contributed by atoms with E-state index in [4.69, 9.17) is 5.10 Å². The molecule has 7 nitrogen and oxygen atoms in total. The first-order valence-electron chi connectivity index (χ1n) is 11.9. The van der Waals surface area contributed by atoms with Crippen molar-refractivity contribution in [3.63, 3.8) is 0 Å². The Morgan fingerprint density at radius 3 is 2.40 bits per heavy atom. The zero-order chi connectivity index (χ0) is 24.4. The SMILES string of the molecule is CN(C)CCn1nc2c3c(cc(NCCNCc4ccccc4)cc3c1=O)C(=O)c1ccccc1-2. The van der Waals surface area contributed by atoms with E-state index in [0.717, 1.165) is 24.3 Å². The van der Waals surface area contributed by atoms with Crippen molar-refractivity contribution in [3.05, 3.63) is 93.8 Å². The van der Waals surface area contributed by atoms with Gasteiger partial charge in [0.1, 0.15) is 5.69 Å². The zero-order valence-electron chi connectivity index (χ0n) is 20.0. The Labute approximate surface area is 204 Å². The van der Waals surface area contributed by atoms with Crippen molar-refractivity contribution in [3.8, 4) is 11.3 Å². The van der Waals surface area contributed by atoms with Gasteiger partial charge < -0.3 is 15.5 Å². The maximum Gasteiger partial charge on any atom is 0.274 e. The van der Waals surface area contributed by atoms with Crippen LogP contribution >= 0.6 is 0 Å². The van der Waals surface area contributed by atoms with Crippen LogP contribution in [0.4, 0.5) is 5.69 Å². The molecule has 178 valence electrons. The van der Waals surface area contributed by atoms with E-state index in [-0.39, 0.29) is 11.3 Å². The first-order valence-corrected chi connectivity index (χ1v) is 11.9. The lowest BCUT2D eigenvalue weighted by molar-refractivity contribution is 0.104. The molecule has 3 aromatic carbocycles. The van der Waals surface area contributed by atoms with Crippen molar-refractivity contribution in [1.82, 2.24) is 20.0 Å². The molecule has 1 heterocycles. The van der Waals surface area contributed by atoms with Crippen molar-refractivity contribution in [2.75, 3.05) is 39.0 Å². The zero-order valence-corrected chi connectivity index (χ0v) is 20.0. The lowest BCUT2D eigenvalue weighted by Crippen LogP contribution is -2.30. The van der Waals surface area contributed by atoms with Gasteiger partial charge in [-0.05, 0) is 31.8 Å². The van der Waals surface area contributed by atoms with Gasteiger partial charge in [0.05, 0.1) is 11.9 Å². The average Bonchev–Trinajstić information content (AvgIpc) is 2.87. The Morgan fingerprint density at radius 2 is 1.63 bits per heavy atom. The summed E-state index contributed by atoms with van der Waals surface area (Å²) >= 11 is 0. The molecule has 0 unspecified atom stereocenters. The smallest absolute Gasteiger partial charge is 0.274 e. The minimum absolute atomic E-state index is 0.0730. The van der Waals surface area contributed by atoms with Crippen molar-refractivity contribution in [1.29, 1.82) is 0 Å². The van der Waals surface area contributed by atoms with Crippen LogP contribution in [0.15, 0.2) is 71.5 Å². The van der Waals surface area contributed by atoms with Crippen molar-refractivity contribution in [2.24, 2.45) is 0 Å². The summed E-state index contributed by atoms with van der Waals surface area (Å²) in [5, 5.41) is 12.7. The molecule has 0 fully saturated rings. The Hall–Kier alpha value is -3.81. The molecule has 0 aliphatic heterocycles. The molecule has 35 heavy (non-hydrogen) atoms. The molecule has 0 spiro atoms. The summed E-state index contributed by atoms with van der Waals surface area (Å²) < 4.78 is 1.53. The highest BCUT2D eigenvalue weighted by Gasteiger charge is 2.28. The van der Waals surface area contributed by atoms with Gasteiger partial charge in [0.15, 0.2) is 5.78 Å². The first kappa shape index (κ1) is 23.0. The Kier molecular flexibility index (Phi) is 6.44. The van der Waals surface area contributed by atoms with E-state index < -0.39 is 0 Å². The highest BCUT2D eigenvalue weighted by atomic mass is 16.1. The average molecular weight is 468 g/mol. The van der Waals surface area contributed by atoms with Crippen LogP contribution in [0.1, 0.15) is 21.5 Å². The number of benzene rings is 3. The van der Waals surface area contributed by atoms with Crippen LogP contribution in [0, 0.1) is 0 Å². The number of ketones is 1. The summed E-state index contributed by atoms with van der Waals surface area (Å²) in [7, 11) is 3.94. The van der Waals surface area contributed by atoms with E-state index in [0.29, 0.717) is 47.2 Å². The molecule has 1 aromatic heterocycles. The fourth-order valence-electron chi connectivity index (χ4n) is 4.49. The minimum atomic E-state index is -0.176. The quantitative estimate of drug-likeness (QED) is 0.324. The van der Waals surface area contributed by atoms with E-state index in [1.807, 2.05) is 73.6 Å². The number of carbonyl (C=O) groups is 1. The van der Waals surface area contributed by atoms with Gasteiger partial charge in [-0.1, -0.05) is 54.6 Å². The molecule has 0 saturated carbocycles. The summed E-state index contributed by atoms with van der Waals surface area (Å²) in [6.07, 6.45) is 0. The third-order valence-electron chi connectivity index (χ3n) is 6.29. The second kappa shape index (κ2) is 9.82. The van der Waals surface area contributed by atoms with E-state index in [2.05, 4.69) is 22.8 Å². The van der Waals surface area contributed by atoms with Gasteiger partial charge in [-0.2, -0.15) is 5.10 Å². The van der Waals surface area contributed by atoms with E-state index in [1.165, 1.54) is 10.2 Å². The molecule has 1 aliphatic rings. The number of hydrogen-bond acceptors (Lipinski definition) is 6. The predicted molar refractivity (Wildman–Crippen MR) is 140 cm³/mol. The number of rotatable bonds is 9. The number of fused-ring (bicyclic) bond motifs is 2. The molecular formula is C28H29N5O2. The standard InChI is InChI=1S/C28H29N5O2/c1-32(2)14-15-33-28(35)24-17-20(30-13-12-29-18-19-8-4-3-5-9-19)16-23-25(24)26(31-33)21-10-6-7-11-22(21)27(23)34/h3-11,16-17,29-30H,12-15,18H2,1-2H3. The van der Waals surface area contributed by atoms with Gasteiger partial charge >= 0.3 is 0 Å². The summed E-state index contributed by atoms with van der Waals surface area (Å²) in [4.78, 5) is 28.8. The number of aromatic nitrogens is 2. The van der Waals surface area contributed by atoms with Gasteiger partial charge in [-0.3, -0.25) is 9.59 Å². The normalized spacial score (nSPS) is 12.3. The lowest BCUT2D eigenvalue weighted by atomic mass is 9.86. The van der Waals surface area contributed by atoms with Crippen LogP contribution in [-0.4, -0.2) is 54.2 Å². The first-order chi connectivity index (χ1) is 17.0. The van der Waals surface area contributed by atoms with Crippen molar-refractivity contribution >= 4 is 22.2 Å². The molecule has 1 aliphatic carbocycles. The molecular weight excluding hydrogens is 438 g/mol. The number of likely N-dealkylation sites (N-methyl/N-ethyl adjacent to an activating group) is 1. The highest BCUT2D eigenvalue weighted by Crippen LogP contribution is 2.38. The number of hydrogen-bond donors (Lipinski definition) is 2. The molecule has 5 rings (SSSR count). The van der Waals surface area contributed by atoms with E-state index in [1.54, 1.807) is 0 Å². The fraction of sp³-hybridized carbons (Fsp3) is 0.250. The number of nitrogens with one attached hydrogen (secondary N) is 2. The van der Waals surface area contributed by atoms with Gasteiger partial charge in [0.25, 0.3) is 5.56 Å². The van der Waals surface area contributed by atoms with Gasteiger partial charge in [-0.25, -0.2) is 4.68 Å². The maximum absolute atomic E-state index is 13.4. The molecule has 0 amide bonds. The van der Waals surface area contributed by atoms with E-state index in [9.17, 15) is 9.59 Å². The summed E-state index contributed by atoms with van der Waals surface area (Å²) in [6, 6.07) is 21.4. The molecule has 0 saturated heterocycles. The number of carbonyl (C=O) groups excluding carboxylic acids is 1. The molecule has 2 N–H and O–H groups in total. The van der Waals surface area contributed by atoms with Gasteiger partial charge in [0, 0.05) is 53.9 Å². The Balaban J connectivity index is 1.47. The Morgan fingerprint density at radius 1 is 0.886 bits per heavy atom. The van der Waals surface area contributed by atoms with Crippen LogP contribution in [0.5, 0.6) is 0 Å². The summed E-state index contributed by atoms with van der Waals surface area (Å²) in [6.45, 7) is 3.35. The van der Waals surface area contributed by atoms with Crippen LogP contribution in [0.3, 0.4) is 0 Å². The third kappa shape index (κ3) is 4.60. The van der Waals surface area contributed by atoms with Gasteiger partial charge in [0.2, 0.25) is 0 Å². The molecule has 0 radical (unpaired) electrons. The third-order valence-corrected chi connectivity index (χ3v) is 6.29. The van der Waals surface area contributed by atoms with Gasteiger partial charge in [-0.15, -0.1) is 0 Å². The molecule has 4 aromatic rings. The van der Waals surface area contributed by atoms with Crippen LogP contribution < -0.4 is 16.2 Å². The highest BCUT2D eigenvalue weighted by molar-refractivity contribution is 6.25. The Bertz CT molecular complexity index is 1440. The fourth-order valence-corrected chi connectivity index (χ4v) is 4.49. The second-order valence-corrected chi connectivity index (χ2v) is 9.09. The minimum Gasteiger partial charge on any atom is -0.384 e. The lowest BCUT2D eigenvalue weighted by Gasteiger charge is -2.21. The van der Waals surface area contributed by atoms with Crippen molar-refractivity contribution < 1.29 is 4.79 Å². The number of nitrogens with zero attached hydrogens (tertiary/aromatic N) is 3. The number of anilines is 1. The monoisotopic (exact) mass is 467 g/mol. The summed E-state index contributed by atoms with van der Waals surface area (Å²) in [5.74, 6) is -0.0730. The van der Waals surface area contributed by atoms with Crippen LogP contribution in [0.2, 0.25) is 0 Å². The molecule has 0 atom stereocenters. The topological polar surface area (TPSA) is 79.3 Å². The maximum atomic E-state index is 13.4.